The van der Waals surface area contributed by atoms with Crippen molar-refractivity contribution in [2.75, 3.05) is 13.2 Å². The van der Waals surface area contributed by atoms with Gasteiger partial charge in [0.25, 0.3) is 0 Å². The SMILES string of the molecule is CCCCCCCCCCCCCCCCCCCCC(O)C(CO)NC(=O)CCCCCCCCCCCCCCCCCCCCCCCCCCCCCCCOC(=O)CCCCCCCCCCCCCCCCCC. The highest BCUT2D eigenvalue weighted by atomic mass is 16.5. The number of ether oxygens (including phenoxy) is 1. The van der Waals surface area contributed by atoms with E-state index in [-0.39, 0.29) is 18.5 Å². The lowest BCUT2D eigenvalue weighted by atomic mass is 10.0. The topological polar surface area (TPSA) is 95.9 Å². The third kappa shape index (κ3) is 66.0. The van der Waals surface area contributed by atoms with E-state index < -0.39 is 12.1 Å². The van der Waals surface area contributed by atoms with Crippen molar-refractivity contribution in [1.29, 1.82) is 0 Å². The van der Waals surface area contributed by atoms with Crippen LogP contribution in [0.2, 0.25) is 0 Å². The molecule has 0 rings (SSSR count). The van der Waals surface area contributed by atoms with Crippen molar-refractivity contribution in [2.24, 2.45) is 0 Å². The molecule has 0 aliphatic carbocycles. The molecule has 0 spiro atoms. The summed E-state index contributed by atoms with van der Waals surface area (Å²) in [6.45, 7) is 5.01. The van der Waals surface area contributed by atoms with Crippen LogP contribution in [-0.2, 0) is 14.3 Å². The van der Waals surface area contributed by atoms with Crippen LogP contribution < -0.4 is 5.32 Å². The maximum absolute atomic E-state index is 12.5. The summed E-state index contributed by atoms with van der Waals surface area (Å²) in [4.78, 5) is 24.6. The van der Waals surface area contributed by atoms with Crippen LogP contribution in [0.15, 0.2) is 0 Å². The molecule has 80 heavy (non-hydrogen) atoms. The van der Waals surface area contributed by atoms with Crippen LogP contribution in [0, 0.1) is 0 Å². The predicted molar refractivity (Wildman–Crippen MR) is 352 cm³/mol. The highest BCUT2D eigenvalue weighted by Crippen LogP contribution is 2.20. The second-order valence-electron chi connectivity index (χ2n) is 26.0. The Morgan fingerprint density at radius 2 is 0.512 bits per heavy atom. The van der Waals surface area contributed by atoms with Crippen LogP contribution in [0.3, 0.4) is 0 Å². The van der Waals surface area contributed by atoms with Crippen LogP contribution >= 0.6 is 0 Å². The fraction of sp³-hybridized carbons (Fsp3) is 0.973. The molecule has 0 aliphatic heterocycles. The molecular weight excluding hydrogens is 983 g/mol. The number of carbonyl (C=O) groups excluding carboxylic acids is 2. The molecule has 0 saturated carbocycles. The van der Waals surface area contributed by atoms with Gasteiger partial charge in [-0.2, -0.15) is 0 Å². The van der Waals surface area contributed by atoms with Gasteiger partial charge in [-0.1, -0.05) is 399 Å². The summed E-state index contributed by atoms with van der Waals surface area (Å²) in [5, 5.41) is 23.4. The molecule has 6 nitrogen and oxygen atoms in total. The molecule has 478 valence electrons. The Balaban J connectivity index is 3.32. The first kappa shape index (κ1) is 78.9. The zero-order valence-electron chi connectivity index (χ0n) is 54.9. The monoisotopic (exact) mass is 1130 g/mol. The molecule has 2 atom stereocenters. The Morgan fingerprint density at radius 1 is 0.300 bits per heavy atom. The lowest BCUT2D eigenvalue weighted by molar-refractivity contribution is -0.143. The highest BCUT2D eigenvalue weighted by Gasteiger charge is 2.20. The molecule has 0 radical (unpaired) electrons. The average molecular weight is 1130 g/mol. The van der Waals surface area contributed by atoms with Gasteiger partial charge in [0.2, 0.25) is 5.91 Å². The number of hydrogen-bond donors (Lipinski definition) is 3. The van der Waals surface area contributed by atoms with Crippen LogP contribution in [0.4, 0.5) is 0 Å². The molecule has 6 heteroatoms. The lowest BCUT2D eigenvalue weighted by Crippen LogP contribution is -2.45. The number of hydrogen-bond acceptors (Lipinski definition) is 5. The van der Waals surface area contributed by atoms with E-state index in [4.69, 9.17) is 4.74 Å². The number of rotatable bonds is 71. The summed E-state index contributed by atoms with van der Waals surface area (Å²) in [5.74, 6) is -0.00198. The Labute approximate surface area is 502 Å². The number of aliphatic hydroxyl groups excluding tert-OH is 2. The quantitative estimate of drug-likeness (QED) is 0.0417. The first-order chi connectivity index (χ1) is 39.5. The second kappa shape index (κ2) is 70.3. The largest absolute Gasteiger partial charge is 0.466 e. The molecular formula is C74H147NO5. The van der Waals surface area contributed by atoms with Crippen LogP contribution in [0.25, 0.3) is 0 Å². The summed E-state index contributed by atoms with van der Waals surface area (Å²) in [5.41, 5.74) is 0. The van der Waals surface area contributed by atoms with Crippen molar-refractivity contribution in [2.45, 2.75) is 450 Å². The number of amides is 1. The molecule has 0 aromatic rings. The van der Waals surface area contributed by atoms with Gasteiger partial charge >= 0.3 is 5.97 Å². The van der Waals surface area contributed by atoms with Gasteiger partial charge in [-0.05, 0) is 25.7 Å². The van der Waals surface area contributed by atoms with Gasteiger partial charge in [0.1, 0.15) is 0 Å². The van der Waals surface area contributed by atoms with E-state index in [9.17, 15) is 19.8 Å². The molecule has 0 aromatic heterocycles. The third-order valence-electron chi connectivity index (χ3n) is 17.9. The summed E-state index contributed by atoms with van der Waals surface area (Å²) in [6.07, 6.45) is 86.0. The van der Waals surface area contributed by atoms with Crippen LogP contribution in [-0.4, -0.2) is 47.4 Å². The molecule has 2 unspecified atom stereocenters. The number of esters is 1. The minimum atomic E-state index is -0.661. The van der Waals surface area contributed by atoms with Crippen molar-refractivity contribution in [1.82, 2.24) is 5.32 Å². The van der Waals surface area contributed by atoms with Crippen molar-refractivity contribution < 1.29 is 24.5 Å². The zero-order chi connectivity index (χ0) is 57.8. The van der Waals surface area contributed by atoms with E-state index in [1.54, 1.807) is 0 Å². The fourth-order valence-electron chi connectivity index (χ4n) is 12.2. The first-order valence-corrected chi connectivity index (χ1v) is 37.3. The Hall–Kier alpha value is -1.14. The van der Waals surface area contributed by atoms with Crippen molar-refractivity contribution in [3.05, 3.63) is 0 Å². The standard InChI is InChI=1S/C74H147NO5/c1-3-5-7-9-11-13-15-17-19-21-35-38-42-46-50-54-58-62-66-72(77)71(70-76)75-73(78)67-63-59-55-51-47-43-39-36-33-31-29-27-25-23-22-24-26-28-30-32-34-37-41-45-49-53-57-61-65-69-80-74(79)68-64-60-56-52-48-44-40-20-18-16-14-12-10-8-6-4-2/h71-72,76-77H,3-70H2,1-2H3,(H,75,78). The van der Waals surface area contributed by atoms with Crippen molar-refractivity contribution in [3.63, 3.8) is 0 Å². The third-order valence-corrected chi connectivity index (χ3v) is 17.9. The highest BCUT2D eigenvalue weighted by molar-refractivity contribution is 5.76. The Kier molecular flexibility index (Phi) is 69.3. The smallest absolute Gasteiger partial charge is 0.305 e. The van der Waals surface area contributed by atoms with Crippen molar-refractivity contribution >= 4 is 11.9 Å². The molecule has 0 saturated heterocycles. The molecule has 0 aromatic carbocycles. The molecule has 3 N–H and O–H groups in total. The normalized spacial score (nSPS) is 12.4. The maximum Gasteiger partial charge on any atom is 0.305 e. The average Bonchev–Trinajstić information content (AvgIpc) is 3.46. The summed E-state index contributed by atoms with van der Waals surface area (Å²) in [7, 11) is 0. The molecule has 0 fully saturated rings. The summed E-state index contributed by atoms with van der Waals surface area (Å²) in [6, 6.07) is -0.538. The van der Waals surface area contributed by atoms with Gasteiger partial charge < -0.3 is 20.3 Å². The van der Waals surface area contributed by atoms with Gasteiger partial charge in [0.05, 0.1) is 25.4 Å². The van der Waals surface area contributed by atoms with Gasteiger partial charge in [0, 0.05) is 12.8 Å². The van der Waals surface area contributed by atoms with Crippen LogP contribution in [0.5, 0.6) is 0 Å². The van der Waals surface area contributed by atoms with Crippen LogP contribution in [0.1, 0.15) is 438 Å². The minimum Gasteiger partial charge on any atom is -0.466 e. The Morgan fingerprint density at radius 3 is 0.762 bits per heavy atom. The summed E-state index contributed by atoms with van der Waals surface area (Å²) >= 11 is 0. The van der Waals surface area contributed by atoms with E-state index in [1.807, 2.05) is 0 Å². The number of nitrogens with one attached hydrogen (secondary N) is 1. The number of carbonyl (C=O) groups is 2. The molecule has 0 heterocycles. The molecule has 0 aliphatic rings. The summed E-state index contributed by atoms with van der Waals surface area (Å²) < 4.78 is 5.51. The van der Waals surface area contributed by atoms with Gasteiger partial charge in [0.15, 0.2) is 0 Å². The Bertz CT molecular complexity index is 1160. The van der Waals surface area contributed by atoms with E-state index >= 15 is 0 Å². The first-order valence-electron chi connectivity index (χ1n) is 37.3. The predicted octanol–water partition coefficient (Wildman–Crippen LogP) is 24.2. The minimum absolute atomic E-state index is 0.0244. The second-order valence-corrected chi connectivity index (χ2v) is 26.0. The van der Waals surface area contributed by atoms with E-state index in [2.05, 4.69) is 19.2 Å². The molecule has 0 bridgehead atoms. The van der Waals surface area contributed by atoms with E-state index in [1.165, 1.54) is 366 Å². The fourth-order valence-corrected chi connectivity index (χ4v) is 12.2. The van der Waals surface area contributed by atoms with Crippen molar-refractivity contribution in [3.8, 4) is 0 Å². The number of unbranched alkanes of at least 4 members (excludes halogenated alkanes) is 60. The number of aliphatic hydroxyl groups is 2. The zero-order valence-corrected chi connectivity index (χ0v) is 54.9. The van der Waals surface area contributed by atoms with E-state index in [0.717, 1.165) is 38.5 Å². The molecule has 1 amide bonds. The van der Waals surface area contributed by atoms with Gasteiger partial charge in [-0.15, -0.1) is 0 Å². The maximum atomic E-state index is 12.5. The van der Waals surface area contributed by atoms with Gasteiger partial charge in [-0.25, -0.2) is 0 Å². The van der Waals surface area contributed by atoms with E-state index in [0.29, 0.717) is 25.9 Å². The lowest BCUT2D eigenvalue weighted by Gasteiger charge is -2.22. The van der Waals surface area contributed by atoms with Gasteiger partial charge in [-0.3, -0.25) is 9.59 Å².